The Kier molecular flexibility index (Phi) is 4.24. The van der Waals surface area contributed by atoms with E-state index >= 15 is 0 Å². The fourth-order valence-corrected chi connectivity index (χ4v) is 3.33. The Bertz CT molecular complexity index is 342. The lowest BCUT2D eigenvalue weighted by molar-refractivity contribution is 0.470. The number of benzene rings is 1. The zero-order valence-electron chi connectivity index (χ0n) is 9.36. The van der Waals surface area contributed by atoms with Crippen molar-refractivity contribution in [3.8, 4) is 0 Å². The number of hydrogen-bond donors (Lipinski definition) is 1. The molecule has 1 fully saturated rings. The second-order valence-electron chi connectivity index (χ2n) is 4.42. The van der Waals surface area contributed by atoms with E-state index in [-0.39, 0.29) is 5.82 Å². The third-order valence-electron chi connectivity index (χ3n) is 3.30. The van der Waals surface area contributed by atoms with E-state index in [2.05, 4.69) is 0 Å². The van der Waals surface area contributed by atoms with Crippen LogP contribution in [0.1, 0.15) is 25.7 Å². The SMILES string of the molecule is NC1CCCC1CCSc1ccccc1F. The summed E-state index contributed by atoms with van der Waals surface area (Å²) in [6, 6.07) is 7.35. The molecular weight excluding hydrogens is 221 g/mol. The van der Waals surface area contributed by atoms with Crippen LogP contribution >= 0.6 is 11.8 Å². The summed E-state index contributed by atoms with van der Waals surface area (Å²) in [6.07, 6.45) is 4.78. The van der Waals surface area contributed by atoms with Gasteiger partial charge >= 0.3 is 0 Å². The maximum Gasteiger partial charge on any atom is 0.136 e. The standard InChI is InChI=1S/C13H18FNS/c14-11-5-1-2-7-13(11)16-9-8-10-4-3-6-12(10)15/h1-2,5,7,10,12H,3-4,6,8-9,15H2. The molecule has 0 bridgehead atoms. The van der Waals surface area contributed by atoms with Crippen molar-refractivity contribution in [2.24, 2.45) is 11.7 Å². The van der Waals surface area contributed by atoms with Crippen molar-refractivity contribution in [3.05, 3.63) is 30.1 Å². The summed E-state index contributed by atoms with van der Waals surface area (Å²) < 4.78 is 13.3. The number of rotatable bonds is 4. The zero-order chi connectivity index (χ0) is 11.4. The zero-order valence-corrected chi connectivity index (χ0v) is 10.2. The molecule has 1 aromatic rings. The molecule has 1 aliphatic rings. The Labute approximate surface area is 101 Å². The summed E-state index contributed by atoms with van der Waals surface area (Å²) in [5.41, 5.74) is 6.01. The molecule has 2 N–H and O–H groups in total. The van der Waals surface area contributed by atoms with Crippen molar-refractivity contribution in [2.75, 3.05) is 5.75 Å². The van der Waals surface area contributed by atoms with Crippen molar-refractivity contribution in [1.82, 2.24) is 0 Å². The van der Waals surface area contributed by atoms with E-state index in [1.807, 2.05) is 12.1 Å². The fourth-order valence-electron chi connectivity index (χ4n) is 2.31. The van der Waals surface area contributed by atoms with E-state index in [0.29, 0.717) is 12.0 Å². The van der Waals surface area contributed by atoms with Gasteiger partial charge in [-0.1, -0.05) is 18.6 Å². The highest BCUT2D eigenvalue weighted by molar-refractivity contribution is 7.99. The van der Waals surface area contributed by atoms with Crippen molar-refractivity contribution < 1.29 is 4.39 Å². The molecule has 0 amide bonds. The van der Waals surface area contributed by atoms with E-state index < -0.39 is 0 Å². The minimum Gasteiger partial charge on any atom is -0.327 e. The van der Waals surface area contributed by atoms with E-state index in [1.165, 1.54) is 18.9 Å². The van der Waals surface area contributed by atoms with Gasteiger partial charge in [0.15, 0.2) is 0 Å². The van der Waals surface area contributed by atoms with Crippen LogP contribution in [0.5, 0.6) is 0 Å². The molecule has 88 valence electrons. The monoisotopic (exact) mass is 239 g/mol. The number of thioether (sulfide) groups is 1. The van der Waals surface area contributed by atoms with Gasteiger partial charge in [0.05, 0.1) is 0 Å². The molecule has 0 radical (unpaired) electrons. The second kappa shape index (κ2) is 5.69. The van der Waals surface area contributed by atoms with E-state index in [1.54, 1.807) is 17.8 Å². The predicted molar refractivity (Wildman–Crippen MR) is 67.1 cm³/mol. The first kappa shape index (κ1) is 11.9. The quantitative estimate of drug-likeness (QED) is 0.815. The third kappa shape index (κ3) is 2.98. The molecule has 1 aliphatic carbocycles. The first-order chi connectivity index (χ1) is 7.77. The predicted octanol–water partition coefficient (Wildman–Crippen LogP) is 3.44. The molecule has 0 aromatic heterocycles. The highest BCUT2D eigenvalue weighted by atomic mass is 32.2. The minimum absolute atomic E-state index is 0.108. The van der Waals surface area contributed by atoms with Gasteiger partial charge in [0.2, 0.25) is 0 Å². The van der Waals surface area contributed by atoms with Crippen molar-refractivity contribution in [2.45, 2.75) is 36.6 Å². The van der Waals surface area contributed by atoms with Crippen molar-refractivity contribution in [3.63, 3.8) is 0 Å². The van der Waals surface area contributed by atoms with Crippen LogP contribution < -0.4 is 5.73 Å². The van der Waals surface area contributed by atoms with Gasteiger partial charge in [-0.05, 0) is 43.1 Å². The Morgan fingerprint density at radius 2 is 2.12 bits per heavy atom. The summed E-state index contributed by atoms with van der Waals surface area (Å²) in [4.78, 5) is 0.758. The van der Waals surface area contributed by atoms with Gasteiger partial charge in [0.1, 0.15) is 5.82 Å². The van der Waals surface area contributed by atoms with Crippen molar-refractivity contribution in [1.29, 1.82) is 0 Å². The van der Waals surface area contributed by atoms with Crippen LogP contribution in [0.4, 0.5) is 4.39 Å². The first-order valence-electron chi connectivity index (χ1n) is 5.90. The van der Waals surface area contributed by atoms with Crippen LogP contribution in [-0.2, 0) is 0 Å². The van der Waals surface area contributed by atoms with Gasteiger partial charge in [0.25, 0.3) is 0 Å². The maximum absolute atomic E-state index is 13.3. The second-order valence-corrected chi connectivity index (χ2v) is 5.56. The largest absolute Gasteiger partial charge is 0.327 e. The van der Waals surface area contributed by atoms with Gasteiger partial charge in [-0.15, -0.1) is 11.8 Å². The van der Waals surface area contributed by atoms with E-state index in [4.69, 9.17) is 5.73 Å². The summed E-state index contributed by atoms with van der Waals surface area (Å²) in [5, 5.41) is 0. The lowest BCUT2D eigenvalue weighted by atomic mass is 10.0. The molecule has 2 unspecified atom stereocenters. The Hall–Kier alpha value is -0.540. The lowest BCUT2D eigenvalue weighted by Crippen LogP contribution is -2.24. The van der Waals surface area contributed by atoms with Gasteiger partial charge in [0, 0.05) is 10.9 Å². The highest BCUT2D eigenvalue weighted by Crippen LogP contribution is 2.30. The lowest BCUT2D eigenvalue weighted by Gasteiger charge is -2.14. The number of hydrogen-bond acceptors (Lipinski definition) is 2. The van der Waals surface area contributed by atoms with E-state index in [0.717, 1.165) is 23.5 Å². The molecule has 0 spiro atoms. The average Bonchev–Trinajstić information content (AvgIpc) is 2.67. The molecule has 0 aliphatic heterocycles. The van der Waals surface area contributed by atoms with Crippen LogP contribution in [0.25, 0.3) is 0 Å². The minimum atomic E-state index is -0.108. The molecule has 0 saturated heterocycles. The van der Waals surface area contributed by atoms with E-state index in [9.17, 15) is 4.39 Å². The van der Waals surface area contributed by atoms with Gasteiger partial charge in [-0.3, -0.25) is 0 Å². The van der Waals surface area contributed by atoms with Crippen LogP contribution in [0.15, 0.2) is 29.2 Å². The third-order valence-corrected chi connectivity index (χ3v) is 4.38. The molecule has 1 saturated carbocycles. The highest BCUT2D eigenvalue weighted by Gasteiger charge is 2.23. The summed E-state index contributed by atoms with van der Waals surface area (Å²) >= 11 is 1.61. The summed E-state index contributed by atoms with van der Waals surface area (Å²) in [5.74, 6) is 1.52. The van der Waals surface area contributed by atoms with Gasteiger partial charge in [-0.25, -0.2) is 4.39 Å². The van der Waals surface area contributed by atoms with Crippen molar-refractivity contribution >= 4 is 11.8 Å². The first-order valence-corrected chi connectivity index (χ1v) is 6.89. The average molecular weight is 239 g/mol. The smallest absolute Gasteiger partial charge is 0.136 e. The van der Waals surface area contributed by atoms with Gasteiger partial charge in [-0.2, -0.15) is 0 Å². The summed E-state index contributed by atoms with van der Waals surface area (Å²) in [6.45, 7) is 0. The van der Waals surface area contributed by atoms with Crippen LogP contribution in [0.3, 0.4) is 0 Å². The number of nitrogens with two attached hydrogens (primary N) is 1. The van der Waals surface area contributed by atoms with Gasteiger partial charge < -0.3 is 5.73 Å². The number of halogens is 1. The Morgan fingerprint density at radius 3 is 2.81 bits per heavy atom. The molecule has 1 nitrogen and oxygen atoms in total. The van der Waals surface area contributed by atoms with Crippen LogP contribution in [0.2, 0.25) is 0 Å². The van der Waals surface area contributed by atoms with Crippen LogP contribution in [-0.4, -0.2) is 11.8 Å². The molecule has 16 heavy (non-hydrogen) atoms. The normalized spacial score (nSPS) is 24.9. The fraction of sp³-hybridized carbons (Fsp3) is 0.538. The molecule has 0 heterocycles. The van der Waals surface area contributed by atoms with Crippen LogP contribution in [0, 0.1) is 11.7 Å². The maximum atomic E-state index is 13.3. The topological polar surface area (TPSA) is 26.0 Å². The Morgan fingerprint density at radius 1 is 1.31 bits per heavy atom. The Balaban J connectivity index is 1.78. The summed E-state index contributed by atoms with van der Waals surface area (Å²) in [7, 11) is 0. The molecule has 2 atom stereocenters. The molecule has 1 aromatic carbocycles. The molecule has 3 heteroatoms. The molecular formula is C13H18FNS. The molecule has 2 rings (SSSR count).